The topological polar surface area (TPSA) is 100 Å². The third-order valence-corrected chi connectivity index (χ3v) is 5.22. The van der Waals surface area contributed by atoms with Crippen LogP contribution in [0.4, 0.5) is 0 Å². The smallest absolute Gasteiger partial charge is 0.339 e. The standard InChI is InChI=1S/C20H16N2O4S/c1-13-3-9-17(10-4-13)27(24,25)26-16-7-5-15(6-8-16)18-11-14(2)22-20(23)19(18)12-21/h3-11H,1-2H3,(H,22,23). The van der Waals surface area contributed by atoms with Gasteiger partial charge in [0, 0.05) is 11.3 Å². The van der Waals surface area contributed by atoms with Gasteiger partial charge in [-0.1, -0.05) is 29.8 Å². The Bertz CT molecular complexity index is 1190. The molecule has 2 aromatic carbocycles. The van der Waals surface area contributed by atoms with Gasteiger partial charge < -0.3 is 9.17 Å². The van der Waals surface area contributed by atoms with Gasteiger partial charge in [0.15, 0.2) is 0 Å². The Balaban J connectivity index is 1.92. The third-order valence-electron chi connectivity index (χ3n) is 3.96. The Hall–Kier alpha value is -3.37. The molecular formula is C20H16N2O4S. The number of aromatic amines is 1. The van der Waals surface area contributed by atoms with Crippen LogP contribution < -0.4 is 9.74 Å². The van der Waals surface area contributed by atoms with Crippen LogP contribution in [0.25, 0.3) is 11.1 Å². The summed E-state index contributed by atoms with van der Waals surface area (Å²) in [6, 6.07) is 16.1. The quantitative estimate of drug-likeness (QED) is 0.700. The summed E-state index contributed by atoms with van der Waals surface area (Å²) in [5, 5.41) is 9.23. The van der Waals surface area contributed by atoms with Crippen molar-refractivity contribution < 1.29 is 12.6 Å². The maximum atomic E-state index is 12.3. The molecule has 7 heteroatoms. The number of pyridine rings is 1. The Morgan fingerprint density at radius 1 is 1.00 bits per heavy atom. The van der Waals surface area contributed by atoms with E-state index in [1.165, 1.54) is 24.3 Å². The number of H-pyrrole nitrogens is 1. The number of aromatic nitrogens is 1. The molecule has 1 aromatic heterocycles. The minimum absolute atomic E-state index is 0.00143. The highest BCUT2D eigenvalue weighted by Gasteiger charge is 2.17. The maximum Gasteiger partial charge on any atom is 0.339 e. The van der Waals surface area contributed by atoms with Crippen LogP contribution in [0.5, 0.6) is 5.75 Å². The summed E-state index contributed by atoms with van der Waals surface area (Å²) in [7, 11) is -3.94. The number of aryl methyl sites for hydroxylation is 2. The van der Waals surface area contributed by atoms with Crippen LogP contribution in [-0.2, 0) is 10.1 Å². The molecule has 0 bridgehead atoms. The molecule has 0 atom stereocenters. The summed E-state index contributed by atoms with van der Waals surface area (Å²) in [5.74, 6) is 0.138. The summed E-state index contributed by atoms with van der Waals surface area (Å²) >= 11 is 0. The zero-order valence-corrected chi connectivity index (χ0v) is 15.5. The Labute approximate surface area is 156 Å². The van der Waals surface area contributed by atoms with E-state index in [-0.39, 0.29) is 16.2 Å². The number of nitriles is 1. The minimum atomic E-state index is -3.94. The molecule has 0 fully saturated rings. The van der Waals surface area contributed by atoms with E-state index in [1.807, 2.05) is 13.0 Å². The average molecular weight is 380 g/mol. The van der Waals surface area contributed by atoms with Gasteiger partial charge in [0.1, 0.15) is 22.3 Å². The monoisotopic (exact) mass is 380 g/mol. The highest BCUT2D eigenvalue weighted by atomic mass is 32.2. The Morgan fingerprint density at radius 2 is 1.63 bits per heavy atom. The van der Waals surface area contributed by atoms with Crippen molar-refractivity contribution in [1.82, 2.24) is 4.98 Å². The molecule has 0 saturated heterocycles. The summed E-state index contributed by atoms with van der Waals surface area (Å²) in [4.78, 5) is 14.6. The van der Waals surface area contributed by atoms with E-state index in [9.17, 15) is 18.5 Å². The second-order valence-corrected chi connectivity index (χ2v) is 7.60. The van der Waals surface area contributed by atoms with E-state index in [0.29, 0.717) is 16.8 Å². The second-order valence-electron chi connectivity index (χ2n) is 6.06. The molecule has 3 aromatic rings. The molecule has 136 valence electrons. The number of benzene rings is 2. The van der Waals surface area contributed by atoms with Crippen LogP contribution in [0.2, 0.25) is 0 Å². The second kappa shape index (κ2) is 7.09. The van der Waals surface area contributed by atoms with Gasteiger partial charge in [-0.2, -0.15) is 13.7 Å². The van der Waals surface area contributed by atoms with Crippen LogP contribution >= 0.6 is 0 Å². The molecule has 0 saturated carbocycles. The number of nitrogens with zero attached hydrogens (tertiary/aromatic N) is 1. The first-order chi connectivity index (χ1) is 12.8. The van der Waals surface area contributed by atoms with E-state index < -0.39 is 15.7 Å². The zero-order chi connectivity index (χ0) is 19.6. The van der Waals surface area contributed by atoms with Gasteiger partial charge in [-0.15, -0.1) is 0 Å². The lowest BCUT2D eigenvalue weighted by Gasteiger charge is -2.09. The SMILES string of the molecule is Cc1ccc(S(=O)(=O)Oc2ccc(-c3cc(C)[nH]c(=O)c3C#N)cc2)cc1. The van der Waals surface area contributed by atoms with Crippen molar-refractivity contribution in [3.8, 4) is 22.9 Å². The lowest BCUT2D eigenvalue weighted by molar-refractivity contribution is 0.486. The predicted octanol–water partition coefficient (Wildman–Crippen LogP) is 3.30. The van der Waals surface area contributed by atoms with Crippen molar-refractivity contribution in [3.05, 3.63) is 81.8 Å². The molecule has 0 amide bonds. The zero-order valence-electron chi connectivity index (χ0n) is 14.7. The van der Waals surface area contributed by atoms with Gasteiger partial charge in [0.05, 0.1) is 0 Å². The lowest BCUT2D eigenvalue weighted by Crippen LogP contribution is -2.12. The first-order valence-corrected chi connectivity index (χ1v) is 9.46. The van der Waals surface area contributed by atoms with Crippen molar-refractivity contribution in [3.63, 3.8) is 0 Å². The van der Waals surface area contributed by atoms with E-state index in [2.05, 4.69) is 4.98 Å². The number of rotatable bonds is 4. The van der Waals surface area contributed by atoms with Gasteiger partial charge in [-0.05, 0) is 49.7 Å². The highest BCUT2D eigenvalue weighted by molar-refractivity contribution is 7.87. The van der Waals surface area contributed by atoms with Crippen LogP contribution in [0, 0.1) is 25.2 Å². The van der Waals surface area contributed by atoms with Gasteiger partial charge in [-0.25, -0.2) is 0 Å². The van der Waals surface area contributed by atoms with Crippen molar-refractivity contribution in [1.29, 1.82) is 5.26 Å². The highest BCUT2D eigenvalue weighted by Crippen LogP contribution is 2.26. The number of hydrogen-bond acceptors (Lipinski definition) is 5. The van der Waals surface area contributed by atoms with Gasteiger partial charge in [0.25, 0.3) is 5.56 Å². The van der Waals surface area contributed by atoms with Crippen LogP contribution in [0.15, 0.2) is 64.3 Å². The van der Waals surface area contributed by atoms with E-state index >= 15 is 0 Å². The molecule has 1 heterocycles. The molecule has 0 aliphatic rings. The third kappa shape index (κ3) is 3.91. The molecule has 3 rings (SSSR count). The van der Waals surface area contributed by atoms with E-state index in [1.54, 1.807) is 37.3 Å². The fourth-order valence-corrected chi connectivity index (χ4v) is 3.53. The molecule has 0 spiro atoms. The van der Waals surface area contributed by atoms with Gasteiger partial charge >= 0.3 is 10.1 Å². The first kappa shape index (κ1) is 18.4. The normalized spacial score (nSPS) is 11.0. The number of hydrogen-bond donors (Lipinski definition) is 1. The minimum Gasteiger partial charge on any atom is -0.379 e. The molecule has 27 heavy (non-hydrogen) atoms. The maximum absolute atomic E-state index is 12.3. The number of nitrogens with one attached hydrogen (secondary N) is 1. The van der Waals surface area contributed by atoms with Crippen LogP contribution in [0.3, 0.4) is 0 Å². The molecular weight excluding hydrogens is 364 g/mol. The van der Waals surface area contributed by atoms with Crippen molar-refractivity contribution >= 4 is 10.1 Å². The predicted molar refractivity (Wildman–Crippen MR) is 101 cm³/mol. The molecule has 0 unspecified atom stereocenters. The van der Waals surface area contributed by atoms with Crippen molar-refractivity contribution in [2.75, 3.05) is 0 Å². The molecule has 0 radical (unpaired) electrons. The fourth-order valence-electron chi connectivity index (χ4n) is 2.60. The average Bonchev–Trinajstić information content (AvgIpc) is 2.62. The van der Waals surface area contributed by atoms with Crippen LogP contribution in [-0.4, -0.2) is 13.4 Å². The fraction of sp³-hybridized carbons (Fsp3) is 0.100. The van der Waals surface area contributed by atoms with E-state index in [4.69, 9.17) is 4.18 Å². The summed E-state index contributed by atoms with van der Waals surface area (Å²) in [5.41, 5.74) is 2.19. The summed E-state index contributed by atoms with van der Waals surface area (Å²) in [6.45, 7) is 3.58. The van der Waals surface area contributed by atoms with Gasteiger partial charge in [0.2, 0.25) is 0 Å². The molecule has 0 aliphatic carbocycles. The lowest BCUT2D eigenvalue weighted by atomic mass is 10.0. The Kier molecular flexibility index (Phi) is 4.84. The molecule has 0 aliphatic heterocycles. The van der Waals surface area contributed by atoms with Crippen LogP contribution in [0.1, 0.15) is 16.8 Å². The molecule has 1 N–H and O–H groups in total. The van der Waals surface area contributed by atoms with Gasteiger partial charge in [-0.3, -0.25) is 4.79 Å². The molecule has 6 nitrogen and oxygen atoms in total. The first-order valence-electron chi connectivity index (χ1n) is 8.06. The van der Waals surface area contributed by atoms with E-state index in [0.717, 1.165) is 5.56 Å². The largest absolute Gasteiger partial charge is 0.379 e. The summed E-state index contributed by atoms with van der Waals surface area (Å²) < 4.78 is 29.9. The van der Waals surface area contributed by atoms with Crippen molar-refractivity contribution in [2.45, 2.75) is 18.7 Å². The Morgan fingerprint density at radius 3 is 2.22 bits per heavy atom. The van der Waals surface area contributed by atoms with Crippen molar-refractivity contribution in [2.24, 2.45) is 0 Å². The summed E-state index contributed by atoms with van der Waals surface area (Å²) in [6.07, 6.45) is 0.